The summed E-state index contributed by atoms with van der Waals surface area (Å²) in [7, 11) is 1.89. The van der Waals surface area contributed by atoms with E-state index >= 15 is 0 Å². The second-order valence-corrected chi connectivity index (χ2v) is 8.81. The third kappa shape index (κ3) is 4.55. The SMILES string of the molecule is CCNC(=O)c1csc(Nc2nc(NC3CCOCC3)c3c(ccn3-c3cnn(C)c3)n2)c1. The summed E-state index contributed by atoms with van der Waals surface area (Å²) in [5.41, 5.74) is 3.27. The van der Waals surface area contributed by atoms with E-state index in [1.165, 1.54) is 11.3 Å². The summed E-state index contributed by atoms with van der Waals surface area (Å²) in [4.78, 5) is 21.7. The van der Waals surface area contributed by atoms with Gasteiger partial charge in [0.25, 0.3) is 5.91 Å². The number of hydrogen-bond acceptors (Lipinski definition) is 8. The average molecular weight is 467 g/mol. The first kappa shape index (κ1) is 21.4. The molecule has 11 heteroatoms. The van der Waals surface area contributed by atoms with Gasteiger partial charge in [0.05, 0.1) is 28.0 Å². The van der Waals surface area contributed by atoms with Crippen LogP contribution in [0.2, 0.25) is 0 Å². The Hall–Kier alpha value is -3.44. The van der Waals surface area contributed by atoms with Crippen LogP contribution in [0.25, 0.3) is 16.7 Å². The Morgan fingerprint density at radius 1 is 1.30 bits per heavy atom. The highest BCUT2D eigenvalue weighted by Crippen LogP contribution is 2.30. The minimum atomic E-state index is -0.0893. The van der Waals surface area contributed by atoms with Gasteiger partial charge < -0.3 is 25.3 Å². The van der Waals surface area contributed by atoms with Crippen LogP contribution in [0, 0.1) is 0 Å². The molecule has 10 nitrogen and oxygen atoms in total. The molecule has 0 unspecified atom stereocenters. The summed E-state index contributed by atoms with van der Waals surface area (Å²) in [5, 5.41) is 16.6. The van der Waals surface area contributed by atoms with Crippen molar-refractivity contribution in [3.05, 3.63) is 41.7 Å². The van der Waals surface area contributed by atoms with Crippen LogP contribution in [0.5, 0.6) is 0 Å². The maximum absolute atomic E-state index is 12.1. The minimum Gasteiger partial charge on any atom is -0.381 e. The predicted octanol–water partition coefficient (Wildman–Crippen LogP) is 3.30. The number of thiophene rings is 1. The number of aromatic nitrogens is 5. The van der Waals surface area contributed by atoms with Crippen molar-refractivity contribution in [3.8, 4) is 5.69 Å². The molecule has 5 rings (SSSR count). The van der Waals surface area contributed by atoms with Crippen LogP contribution in [0.4, 0.5) is 16.8 Å². The number of carbonyl (C=O) groups is 1. The molecule has 33 heavy (non-hydrogen) atoms. The van der Waals surface area contributed by atoms with Gasteiger partial charge >= 0.3 is 0 Å². The quantitative estimate of drug-likeness (QED) is 0.383. The van der Waals surface area contributed by atoms with Crippen LogP contribution in [-0.2, 0) is 11.8 Å². The Morgan fingerprint density at radius 2 is 2.15 bits per heavy atom. The Balaban J connectivity index is 1.50. The molecule has 4 aromatic rings. The lowest BCUT2D eigenvalue weighted by molar-refractivity contribution is 0.0904. The molecule has 0 atom stereocenters. The second kappa shape index (κ2) is 9.20. The Kier molecular flexibility index (Phi) is 5.97. The van der Waals surface area contributed by atoms with Gasteiger partial charge in [0, 0.05) is 50.6 Å². The van der Waals surface area contributed by atoms with Crippen LogP contribution in [-0.4, -0.2) is 56.0 Å². The zero-order valence-corrected chi connectivity index (χ0v) is 19.4. The molecule has 3 N–H and O–H groups in total. The number of ether oxygens (including phenoxy) is 1. The zero-order chi connectivity index (χ0) is 22.8. The van der Waals surface area contributed by atoms with Crippen molar-refractivity contribution in [1.29, 1.82) is 0 Å². The van der Waals surface area contributed by atoms with Crippen molar-refractivity contribution in [2.75, 3.05) is 30.4 Å². The molecule has 1 aliphatic heterocycles. The number of hydrogen-bond donors (Lipinski definition) is 3. The molecule has 0 bridgehead atoms. The van der Waals surface area contributed by atoms with Crippen LogP contribution < -0.4 is 16.0 Å². The number of nitrogens with zero attached hydrogens (tertiary/aromatic N) is 5. The van der Waals surface area contributed by atoms with Gasteiger partial charge in [-0.1, -0.05) is 0 Å². The predicted molar refractivity (Wildman–Crippen MR) is 129 cm³/mol. The molecule has 0 radical (unpaired) electrons. The summed E-state index contributed by atoms with van der Waals surface area (Å²) >= 11 is 1.45. The molecule has 1 saturated heterocycles. The maximum Gasteiger partial charge on any atom is 0.252 e. The fourth-order valence-electron chi connectivity index (χ4n) is 3.88. The largest absolute Gasteiger partial charge is 0.381 e. The summed E-state index contributed by atoms with van der Waals surface area (Å²) in [6.07, 6.45) is 7.59. The van der Waals surface area contributed by atoms with Crippen molar-refractivity contribution < 1.29 is 9.53 Å². The molecule has 0 saturated carbocycles. The number of anilines is 3. The van der Waals surface area contributed by atoms with E-state index in [2.05, 4.69) is 21.0 Å². The lowest BCUT2D eigenvalue weighted by Gasteiger charge is -2.24. The van der Waals surface area contributed by atoms with Crippen LogP contribution in [0.1, 0.15) is 30.1 Å². The molecule has 0 aliphatic carbocycles. The van der Waals surface area contributed by atoms with Gasteiger partial charge in [-0.05, 0) is 31.9 Å². The number of nitrogens with one attached hydrogen (secondary N) is 3. The summed E-state index contributed by atoms with van der Waals surface area (Å²) in [5.74, 6) is 1.14. The molecule has 4 aromatic heterocycles. The molecule has 0 aromatic carbocycles. The summed E-state index contributed by atoms with van der Waals surface area (Å²) in [6.45, 7) is 3.96. The first-order valence-electron chi connectivity index (χ1n) is 11.0. The van der Waals surface area contributed by atoms with Gasteiger partial charge in [0.2, 0.25) is 5.95 Å². The van der Waals surface area contributed by atoms with Crippen molar-refractivity contribution in [3.63, 3.8) is 0 Å². The normalized spacial score (nSPS) is 14.5. The van der Waals surface area contributed by atoms with Gasteiger partial charge in [-0.15, -0.1) is 11.3 Å². The van der Waals surface area contributed by atoms with E-state index in [1.807, 2.05) is 54.6 Å². The van der Waals surface area contributed by atoms with Crippen LogP contribution >= 0.6 is 11.3 Å². The van der Waals surface area contributed by atoms with E-state index in [-0.39, 0.29) is 11.9 Å². The average Bonchev–Trinajstić information content (AvgIpc) is 3.54. The number of rotatable bonds is 7. The van der Waals surface area contributed by atoms with Crippen molar-refractivity contribution >= 4 is 45.0 Å². The van der Waals surface area contributed by atoms with Crippen molar-refractivity contribution in [1.82, 2.24) is 29.6 Å². The van der Waals surface area contributed by atoms with E-state index in [0.29, 0.717) is 18.1 Å². The highest BCUT2D eigenvalue weighted by molar-refractivity contribution is 7.14. The molecule has 5 heterocycles. The van der Waals surface area contributed by atoms with Crippen molar-refractivity contribution in [2.45, 2.75) is 25.8 Å². The van der Waals surface area contributed by atoms with Crippen LogP contribution in [0.3, 0.4) is 0 Å². The minimum absolute atomic E-state index is 0.0893. The Labute approximate surface area is 195 Å². The Bertz CT molecular complexity index is 1270. The molecule has 1 fully saturated rings. The first-order chi connectivity index (χ1) is 16.1. The van der Waals surface area contributed by atoms with Gasteiger partial charge in [0.15, 0.2) is 5.82 Å². The van der Waals surface area contributed by atoms with Gasteiger partial charge in [-0.25, -0.2) is 4.98 Å². The second-order valence-electron chi connectivity index (χ2n) is 7.90. The van der Waals surface area contributed by atoms with E-state index in [0.717, 1.165) is 53.6 Å². The topological polar surface area (TPSA) is 111 Å². The summed E-state index contributed by atoms with van der Waals surface area (Å²) < 4.78 is 9.33. The number of carbonyl (C=O) groups excluding carboxylic acids is 1. The molecule has 1 aliphatic rings. The fraction of sp³-hybridized carbons (Fsp3) is 0.364. The molecule has 1 amide bonds. The third-order valence-electron chi connectivity index (χ3n) is 5.50. The standard InChI is InChI=1S/C22H26N8O2S/c1-3-23-21(31)14-10-18(33-13-14)27-22-26-17-4-7-30(16-11-24-29(2)12-16)19(17)20(28-22)25-15-5-8-32-9-6-15/h4,7,10-13,15H,3,5-6,8-9H2,1-2H3,(H,23,31)(H2,25,26,27,28). The monoisotopic (exact) mass is 466 g/mol. The van der Waals surface area contributed by atoms with E-state index in [1.54, 1.807) is 4.68 Å². The van der Waals surface area contributed by atoms with E-state index < -0.39 is 0 Å². The third-order valence-corrected chi connectivity index (χ3v) is 6.34. The molecule has 0 spiro atoms. The fourth-order valence-corrected chi connectivity index (χ4v) is 4.65. The van der Waals surface area contributed by atoms with Crippen molar-refractivity contribution in [2.24, 2.45) is 7.05 Å². The van der Waals surface area contributed by atoms with Gasteiger partial charge in [-0.3, -0.25) is 9.48 Å². The zero-order valence-electron chi connectivity index (χ0n) is 18.5. The number of aryl methyl sites for hydroxylation is 1. The lowest BCUT2D eigenvalue weighted by Crippen LogP contribution is -2.28. The molecule has 172 valence electrons. The van der Waals surface area contributed by atoms with E-state index in [4.69, 9.17) is 14.7 Å². The first-order valence-corrected chi connectivity index (χ1v) is 11.8. The highest BCUT2D eigenvalue weighted by Gasteiger charge is 2.20. The summed E-state index contributed by atoms with van der Waals surface area (Å²) in [6, 6.07) is 4.06. The smallest absolute Gasteiger partial charge is 0.252 e. The highest BCUT2D eigenvalue weighted by atomic mass is 32.1. The van der Waals surface area contributed by atoms with Gasteiger partial charge in [0.1, 0.15) is 5.52 Å². The lowest BCUT2D eigenvalue weighted by atomic mass is 10.1. The maximum atomic E-state index is 12.1. The van der Waals surface area contributed by atoms with Crippen LogP contribution in [0.15, 0.2) is 36.1 Å². The molecular formula is C22H26N8O2S. The number of amides is 1. The Morgan fingerprint density at radius 3 is 2.91 bits per heavy atom. The van der Waals surface area contributed by atoms with Gasteiger partial charge in [-0.2, -0.15) is 10.1 Å². The molecular weight excluding hydrogens is 440 g/mol. The number of fused-ring (bicyclic) bond motifs is 1. The van der Waals surface area contributed by atoms with E-state index in [9.17, 15) is 4.79 Å².